The first kappa shape index (κ1) is 26.8. The Bertz CT molecular complexity index is 1250. The van der Waals surface area contributed by atoms with Crippen molar-refractivity contribution in [2.75, 3.05) is 38.8 Å². The lowest BCUT2D eigenvalue weighted by Gasteiger charge is -2.34. The maximum Gasteiger partial charge on any atom is 0.253 e. The van der Waals surface area contributed by atoms with E-state index < -0.39 is 0 Å². The number of anilines is 1. The number of nitrogens with one attached hydrogen (secondary N) is 2. The minimum atomic E-state index is -0.0949. The summed E-state index contributed by atoms with van der Waals surface area (Å²) in [6.07, 6.45) is 5.73. The molecule has 0 spiro atoms. The van der Waals surface area contributed by atoms with E-state index in [1.165, 1.54) is 0 Å². The Morgan fingerprint density at radius 2 is 1.63 bits per heavy atom. The molecular formula is C31H35N3O4. The van der Waals surface area contributed by atoms with Crippen LogP contribution >= 0.6 is 0 Å². The maximum absolute atomic E-state index is 13.1. The van der Waals surface area contributed by atoms with Gasteiger partial charge in [0.15, 0.2) is 11.5 Å². The van der Waals surface area contributed by atoms with Crippen molar-refractivity contribution in [1.82, 2.24) is 10.6 Å². The normalized spacial score (nSPS) is 13.8. The van der Waals surface area contributed by atoms with Gasteiger partial charge in [-0.15, -0.1) is 0 Å². The summed E-state index contributed by atoms with van der Waals surface area (Å²) in [4.78, 5) is 27.7. The Hall–Kier alpha value is -4.26. The number of amides is 2. The number of ether oxygens (including phenoxy) is 2. The molecule has 0 aromatic heterocycles. The van der Waals surface area contributed by atoms with Crippen LogP contribution in [0.4, 0.5) is 5.69 Å². The van der Waals surface area contributed by atoms with Crippen LogP contribution in [0, 0.1) is 0 Å². The number of nitrogens with zero attached hydrogens (tertiary/aromatic N) is 1. The number of methoxy groups -OCH3 is 2. The molecule has 1 heterocycles. The Labute approximate surface area is 224 Å². The van der Waals surface area contributed by atoms with Crippen LogP contribution in [-0.4, -0.2) is 51.7 Å². The Morgan fingerprint density at radius 1 is 0.921 bits per heavy atom. The van der Waals surface area contributed by atoms with Crippen molar-refractivity contribution in [2.45, 2.75) is 25.3 Å². The van der Waals surface area contributed by atoms with Crippen LogP contribution in [0.15, 0.2) is 78.9 Å². The number of piperidine rings is 1. The average Bonchev–Trinajstić information content (AvgIpc) is 2.97. The third kappa shape index (κ3) is 7.16. The topological polar surface area (TPSA) is 79.9 Å². The van der Waals surface area contributed by atoms with Gasteiger partial charge in [0.1, 0.15) is 0 Å². The van der Waals surface area contributed by atoms with Crippen molar-refractivity contribution in [3.8, 4) is 11.5 Å². The molecule has 198 valence electrons. The molecule has 0 bridgehead atoms. The monoisotopic (exact) mass is 513 g/mol. The fraction of sp³-hybridized carbons (Fsp3) is 0.290. The summed E-state index contributed by atoms with van der Waals surface area (Å²) in [5.41, 5.74) is 3.63. The predicted molar refractivity (Wildman–Crippen MR) is 151 cm³/mol. The lowest BCUT2D eigenvalue weighted by molar-refractivity contribution is -0.117. The second-order valence-corrected chi connectivity index (χ2v) is 9.23. The van der Waals surface area contributed by atoms with Crippen LogP contribution in [0.1, 0.15) is 34.3 Å². The van der Waals surface area contributed by atoms with Gasteiger partial charge in [-0.05, 0) is 60.7 Å². The molecular weight excluding hydrogens is 478 g/mol. The van der Waals surface area contributed by atoms with Gasteiger partial charge >= 0.3 is 0 Å². The molecule has 0 unspecified atom stereocenters. The Balaban J connectivity index is 1.28. The number of hydrogen-bond donors (Lipinski definition) is 2. The van der Waals surface area contributed by atoms with Crippen molar-refractivity contribution in [2.24, 2.45) is 0 Å². The van der Waals surface area contributed by atoms with Crippen molar-refractivity contribution in [3.63, 3.8) is 0 Å². The number of benzene rings is 3. The standard InChI is InChI=1S/C31H35N3O4/c1-37-28-14-12-24(22-29(28)38-2)16-19-32-31(36)26-10-6-7-11-27(26)34-20-17-25(18-21-34)33-30(35)15-13-23-8-4-3-5-9-23/h3-15,22,25H,16-21H2,1-2H3,(H,32,36)(H,33,35)/b15-13+. The third-order valence-electron chi connectivity index (χ3n) is 6.70. The van der Waals surface area contributed by atoms with Crippen molar-refractivity contribution >= 4 is 23.6 Å². The molecule has 1 fully saturated rings. The molecule has 7 heteroatoms. The van der Waals surface area contributed by atoms with Gasteiger partial charge in [-0.25, -0.2) is 0 Å². The molecule has 7 nitrogen and oxygen atoms in total. The quantitative estimate of drug-likeness (QED) is 0.391. The minimum absolute atomic E-state index is 0.0819. The fourth-order valence-electron chi connectivity index (χ4n) is 4.64. The maximum atomic E-state index is 13.1. The van der Waals surface area contributed by atoms with E-state index in [0.29, 0.717) is 30.0 Å². The highest BCUT2D eigenvalue weighted by atomic mass is 16.5. The zero-order valence-corrected chi connectivity index (χ0v) is 22.0. The van der Waals surface area contributed by atoms with E-state index in [-0.39, 0.29) is 17.9 Å². The molecule has 0 aliphatic carbocycles. The summed E-state index contributed by atoms with van der Waals surface area (Å²) < 4.78 is 10.7. The summed E-state index contributed by atoms with van der Waals surface area (Å²) >= 11 is 0. The van der Waals surface area contributed by atoms with E-state index in [1.54, 1.807) is 20.3 Å². The van der Waals surface area contributed by atoms with E-state index >= 15 is 0 Å². The summed E-state index contributed by atoms with van der Waals surface area (Å²) in [6, 6.07) is 23.4. The van der Waals surface area contributed by atoms with E-state index in [9.17, 15) is 9.59 Å². The lowest BCUT2D eigenvalue weighted by atomic mass is 10.0. The highest BCUT2D eigenvalue weighted by Gasteiger charge is 2.23. The van der Waals surface area contributed by atoms with E-state index in [0.717, 1.165) is 42.7 Å². The lowest BCUT2D eigenvalue weighted by Crippen LogP contribution is -2.44. The zero-order valence-electron chi connectivity index (χ0n) is 22.0. The minimum Gasteiger partial charge on any atom is -0.493 e. The van der Waals surface area contributed by atoms with Gasteiger partial charge in [0, 0.05) is 37.4 Å². The molecule has 0 saturated carbocycles. The van der Waals surface area contributed by atoms with Crippen LogP contribution in [-0.2, 0) is 11.2 Å². The average molecular weight is 514 g/mol. The molecule has 4 rings (SSSR count). The van der Waals surface area contributed by atoms with Gasteiger partial charge in [0.05, 0.1) is 19.8 Å². The number of para-hydroxylation sites is 1. The van der Waals surface area contributed by atoms with Gasteiger partial charge in [0.25, 0.3) is 5.91 Å². The number of hydrogen-bond acceptors (Lipinski definition) is 5. The largest absolute Gasteiger partial charge is 0.493 e. The van der Waals surface area contributed by atoms with E-state index in [2.05, 4.69) is 15.5 Å². The molecule has 1 saturated heterocycles. The molecule has 0 radical (unpaired) electrons. The number of carbonyl (C=O) groups excluding carboxylic acids is 2. The first-order valence-corrected chi connectivity index (χ1v) is 12.9. The van der Waals surface area contributed by atoms with Crippen LogP contribution in [0.2, 0.25) is 0 Å². The van der Waals surface area contributed by atoms with Gasteiger partial charge in [-0.3, -0.25) is 9.59 Å². The second kappa shape index (κ2) is 13.3. The van der Waals surface area contributed by atoms with E-state index in [4.69, 9.17) is 9.47 Å². The SMILES string of the molecule is COc1ccc(CCNC(=O)c2ccccc2N2CCC(NC(=O)/C=C/c3ccccc3)CC2)cc1OC. The first-order valence-electron chi connectivity index (χ1n) is 12.9. The van der Waals surface area contributed by atoms with Crippen LogP contribution in [0.3, 0.4) is 0 Å². The molecule has 1 aliphatic rings. The number of rotatable bonds is 10. The molecule has 3 aromatic carbocycles. The van der Waals surface area contributed by atoms with Gasteiger partial charge < -0.3 is 25.0 Å². The molecule has 2 N–H and O–H groups in total. The highest BCUT2D eigenvalue weighted by molar-refractivity contribution is 5.99. The van der Waals surface area contributed by atoms with Gasteiger partial charge in [-0.1, -0.05) is 48.5 Å². The summed E-state index contributed by atoms with van der Waals surface area (Å²) in [6.45, 7) is 2.04. The van der Waals surface area contributed by atoms with Crippen molar-refractivity contribution in [3.05, 3.63) is 95.6 Å². The first-order chi connectivity index (χ1) is 18.6. The molecule has 2 amide bonds. The van der Waals surface area contributed by atoms with Gasteiger partial charge in [0.2, 0.25) is 5.91 Å². The third-order valence-corrected chi connectivity index (χ3v) is 6.70. The van der Waals surface area contributed by atoms with Crippen LogP contribution in [0.5, 0.6) is 11.5 Å². The molecule has 0 atom stereocenters. The summed E-state index contributed by atoms with van der Waals surface area (Å²) in [5.74, 6) is 1.18. The smallest absolute Gasteiger partial charge is 0.253 e. The van der Waals surface area contributed by atoms with Crippen LogP contribution in [0.25, 0.3) is 6.08 Å². The molecule has 38 heavy (non-hydrogen) atoms. The van der Waals surface area contributed by atoms with Crippen molar-refractivity contribution < 1.29 is 19.1 Å². The molecule has 3 aromatic rings. The fourth-order valence-corrected chi connectivity index (χ4v) is 4.64. The van der Waals surface area contributed by atoms with Crippen LogP contribution < -0.4 is 25.0 Å². The van der Waals surface area contributed by atoms with E-state index in [1.807, 2.05) is 78.9 Å². The zero-order chi connectivity index (χ0) is 26.7. The second-order valence-electron chi connectivity index (χ2n) is 9.23. The number of carbonyl (C=O) groups is 2. The molecule has 1 aliphatic heterocycles. The Kier molecular flexibility index (Phi) is 9.40. The summed E-state index contributed by atoms with van der Waals surface area (Å²) in [7, 11) is 3.22. The highest BCUT2D eigenvalue weighted by Crippen LogP contribution is 2.28. The summed E-state index contributed by atoms with van der Waals surface area (Å²) in [5, 5.41) is 6.16. The van der Waals surface area contributed by atoms with Gasteiger partial charge in [-0.2, -0.15) is 0 Å². The Morgan fingerprint density at radius 3 is 2.37 bits per heavy atom. The van der Waals surface area contributed by atoms with Crippen molar-refractivity contribution in [1.29, 1.82) is 0 Å². The predicted octanol–water partition coefficient (Wildman–Crippen LogP) is 4.47.